The van der Waals surface area contributed by atoms with E-state index in [-0.39, 0.29) is 29.8 Å². The number of hydrogen-bond donors (Lipinski definition) is 2. The van der Waals surface area contributed by atoms with Crippen molar-refractivity contribution in [2.45, 2.75) is 32.2 Å². The molecule has 1 saturated heterocycles. The van der Waals surface area contributed by atoms with Gasteiger partial charge < -0.3 is 20.4 Å². The normalized spacial score (nSPS) is 19.6. The summed E-state index contributed by atoms with van der Waals surface area (Å²) < 4.78 is 5.18. The van der Waals surface area contributed by atoms with E-state index in [0.717, 1.165) is 11.3 Å². The van der Waals surface area contributed by atoms with E-state index in [1.165, 1.54) is 0 Å². The fourth-order valence-corrected chi connectivity index (χ4v) is 3.46. The zero-order valence-corrected chi connectivity index (χ0v) is 15.3. The first-order valence-corrected chi connectivity index (χ1v) is 8.62. The molecular formula is C19H24N4O3. The third kappa shape index (κ3) is 3.62. The lowest BCUT2D eigenvalue weighted by Crippen LogP contribution is -2.34. The van der Waals surface area contributed by atoms with E-state index in [1.54, 1.807) is 25.9 Å². The van der Waals surface area contributed by atoms with Gasteiger partial charge in [-0.3, -0.25) is 9.59 Å². The lowest BCUT2D eigenvalue weighted by atomic mass is 9.95. The van der Waals surface area contributed by atoms with Gasteiger partial charge in [-0.05, 0) is 31.5 Å². The number of nitrogens with zero attached hydrogens (tertiary/aromatic N) is 2. The molecule has 138 valence electrons. The van der Waals surface area contributed by atoms with Gasteiger partial charge in [-0.15, -0.1) is 0 Å². The largest absolute Gasteiger partial charge is 0.497 e. The summed E-state index contributed by atoms with van der Waals surface area (Å²) in [4.78, 5) is 33.5. The molecule has 1 aliphatic heterocycles. The molecule has 2 heterocycles. The van der Waals surface area contributed by atoms with Crippen LogP contribution in [0.25, 0.3) is 0 Å². The summed E-state index contributed by atoms with van der Waals surface area (Å²) in [6.07, 6.45) is 0.0382. The molecule has 0 aliphatic carbocycles. The van der Waals surface area contributed by atoms with E-state index in [4.69, 9.17) is 10.5 Å². The molecule has 26 heavy (non-hydrogen) atoms. The number of aromatic nitrogens is 2. The van der Waals surface area contributed by atoms with Gasteiger partial charge in [0.1, 0.15) is 11.6 Å². The van der Waals surface area contributed by atoms with Crippen LogP contribution in [0.15, 0.2) is 29.1 Å². The summed E-state index contributed by atoms with van der Waals surface area (Å²) in [7, 11) is 1.63. The Labute approximate surface area is 152 Å². The van der Waals surface area contributed by atoms with Crippen LogP contribution in [-0.2, 0) is 11.2 Å². The van der Waals surface area contributed by atoms with E-state index in [9.17, 15) is 9.59 Å². The standard InChI is InChI=1S/C19H24N4O3/c1-11-15(19(25)22-12(2)21-11)8-18(24)23-9-16(17(20)10-23)13-4-6-14(26-3)7-5-13/h4-7,16-17H,8-10,20H2,1-3H3,(H,21,22,25)/t16-,17+/m1/s1. The number of benzene rings is 1. The second kappa shape index (κ2) is 7.29. The Morgan fingerprint density at radius 1 is 1.31 bits per heavy atom. The number of ether oxygens (including phenoxy) is 1. The van der Waals surface area contributed by atoms with Gasteiger partial charge >= 0.3 is 0 Å². The number of likely N-dealkylation sites (tertiary alicyclic amines) is 1. The lowest BCUT2D eigenvalue weighted by molar-refractivity contribution is -0.129. The monoisotopic (exact) mass is 356 g/mol. The van der Waals surface area contributed by atoms with Crippen molar-refractivity contribution < 1.29 is 9.53 Å². The molecule has 0 saturated carbocycles. The van der Waals surface area contributed by atoms with Crippen LogP contribution in [0.2, 0.25) is 0 Å². The Bertz CT molecular complexity index is 860. The van der Waals surface area contributed by atoms with E-state index in [2.05, 4.69) is 9.97 Å². The molecule has 1 aromatic heterocycles. The van der Waals surface area contributed by atoms with Crippen molar-refractivity contribution in [2.75, 3.05) is 20.2 Å². The number of H-pyrrole nitrogens is 1. The van der Waals surface area contributed by atoms with Gasteiger partial charge in [0, 0.05) is 36.3 Å². The highest BCUT2D eigenvalue weighted by molar-refractivity contribution is 5.79. The number of methoxy groups -OCH3 is 1. The molecule has 7 heteroatoms. The minimum Gasteiger partial charge on any atom is -0.497 e. The summed E-state index contributed by atoms with van der Waals surface area (Å²) in [5, 5.41) is 0. The maximum atomic E-state index is 12.7. The Hall–Kier alpha value is -2.67. The molecule has 1 aromatic carbocycles. The predicted octanol–water partition coefficient (Wildman–Crippen LogP) is 0.891. The number of amides is 1. The fourth-order valence-electron chi connectivity index (χ4n) is 3.46. The molecule has 0 bridgehead atoms. The van der Waals surface area contributed by atoms with Crippen LogP contribution in [0.3, 0.4) is 0 Å². The molecule has 3 rings (SSSR count). The molecule has 2 aromatic rings. The molecule has 0 radical (unpaired) electrons. The number of aryl methyl sites for hydroxylation is 2. The summed E-state index contributed by atoms with van der Waals surface area (Å²) in [5.74, 6) is 1.30. The van der Waals surface area contributed by atoms with Crippen molar-refractivity contribution in [3.8, 4) is 5.75 Å². The summed E-state index contributed by atoms with van der Waals surface area (Å²) >= 11 is 0. The number of nitrogens with one attached hydrogen (secondary N) is 1. The van der Waals surface area contributed by atoms with Crippen LogP contribution in [0.4, 0.5) is 0 Å². The minimum atomic E-state index is -0.251. The summed E-state index contributed by atoms with van der Waals surface area (Å²) in [6, 6.07) is 7.62. The van der Waals surface area contributed by atoms with Crippen molar-refractivity contribution in [1.82, 2.24) is 14.9 Å². The average Bonchev–Trinajstić information content (AvgIpc) is 3.00. The third-order valence-electron chi connectivity index (χ3n) is 4.93. The quantitative estimate of drug-likeness (QED) is 0.847. The second-order valence-electron chi connectivity index (χ2n) is 6.73. The fraction of sp³-hybridized carbons (Fsp3) is 0.421. The first-order valence-electron chi connectivity index (χ1n) is 8.62. The van der Waals surface area contributed by atoms with Gasteiger partial charge in [0.05, 0.1) is 13.5 Å². The molecular weight excluding hydrogens is 332 g/mol. The van der Waals surface area contributed by atoms with Crippen LogP contribution in [0.5, 0.6) is 5.75 Å². The van der Waals surface area contributed by atoms with E-state index >= 15 is 0 Å². The Balaban J connectivity index is 1.73. The molecule has 2 atom stereocenters. The minimum absolute atomic E-state index is 0.0382. The molecule has 1 aliphatic rings. The van der Waals surface area contributed by atoms with Gasteiger partial charge in [0.2, 0.25) is 5.91 Å². The number of rotatable bonds is 4. The van der Waals surface area contributed by atoms with Crippen molar-refractivity contribution in [2.24, 2.45) is 5.73 Å². The number of hydrogen-bond acceptors (Lipinski definition) is 5. The number of carbonyl (C=O) groups excluding carboxylic acids is 1. The van der Waals surface area contributed by atoms with Gasteiger partial charge in [0.25, 0.3) is 5.56 Å². The molecule has 1 amide bonds. The van der Waals surface area contributed by atoms with Crippen LogP contribution in [0, 0.1) is 13.8 Å². The SMILES string of the molecule is COc1ccc([C@H]2CN(C(=O)Cc3c(C)nc(C)[nH]c3=O)C[C@@H]2N)cc1. The average molecular weight is 356 g/mol. The molecule has 0 unspecified atom stereocenters. The maximum absolute atomic E-state index is 12.7. The zero-order chi connectivity index (χ0) is 18.8. The molecule has 3 N–H and O–H groups in total. The number of aromatic amines is 1. The van der Waals surface area contributed by atoms with Crippen molar-refractivity contribution in [3.63, 3.8) is 0 Å². The molecule has 1 fully saturated rings. The van der Waals surface area contributed by atoms with Crippen molar-refractivity contribution in [1.29, 1.82) is 0 Å². The number of carbonyl (C=O) groups is 1. The third-order valence-corrected chi connectivity index (χ3v) is 4.93. The van der Waals surface area contributed by atoms with Gasteiger partial charge in [-0.25, -0.2) is 4.98 Å². The zero-order valence-electron chi connectivity index (χ0n) is 15.3. The Morgan fingerprint density at radius 3 is 2.62 bits per heavy atom. The lowest BCUT2D eigenvalue weighted by Gasteiger charge is -2.17. The highest BCUT2D eigenvalue weighted by Gasteiger charge is 2.34. The highest BCUT2D eigenvalue weighted by atomic mass is 16.5. The second-order valence-corrected chi connectivity index (χ2v) is 6.73. The molecule has 7 nitrogen and oxygen atoms in total. The first-order chi connectivity index (χ1) is 12.4. The topological polar surface area (TPSA) is 101 Å². The number of nitrogens with two attached hydrogens (primary N) is 1. The summed E-state index contributed by atoms with van der Waals surface area (Å²) in [5.41, 5.74) is 8.12. The van der Waals surface area contributed by atoms with Crippen molar-refractivity contribution in [3.05, 3.63) is 57.3 Å². The van der Waals surface area contributed by atoms with Gasteiger partial charge in [0.15, 0.2) is 0 Å². The van der Waals surface area contributed by atoms with E-state index in [0.29, 0.717) is 30.2 Å². The first kappa shape index (κ1) is 18.1. The van der Waals surface area contributed by atoms with Crippen LogP contribution >= 0.6 is 0 Å². The van der Waals surface area contributed by atoms with Crippen LogP contribution < -0.4 is 16.0 Å². The predicted molar refractivity (Wildman–Crippen MR) is 98.3 cm³/mol. The maximum Gasteiger partial charge on any atom is 0.254 e. The van der Waals surface area contributed by atoms with Gasteiger partial charge in [-0.1, -0.05) is 12.1 Å². The van der Waals surface area contributed by atoms with Crippen LogP contribution in [0.1, 0.15) is 28.6 Å². The highest BCUT2D eigenvalue weighted by Crippen LogP contribution is 2.28. The van der Waals surface area contributed by atoms with Crippen LogP contribution in [-0.4, -0.2) is 47.0 Å². The van der Waals surface area contributed by atoms with E-state index in [1.807, 2.05) is 24.3 Å². The Morgan fingerprint density at radius 2 is 2.00 bits per heavy atom. The Kier molecular flexibility index (Phi) is 5.08. The summed E-state index contributed by atoms with van der Waals surface area (Å²) in [6.45, 7) is 4.49. The molecule has 0 spiro atoms. The van der Waals surface area contributed by atoms with Crippen molar-refractivity contribution >= 4 is 5.91 Å². The van der Waals surface area contributed by atoms with Gasteiger partial charge in [-0.2, -0.15) is 0 Å². The van der Waals surface area contributed by atoms with E-state index < -0.39 is 0 Å². The smallest absolute Gasteiger partial charge is 0.254 e.